The van der Waals surface area contributed by atoms with E-state index >= 15 is 0 Å². The fraction of sp³-hybridized carbons (Fsp3) is 0.500. The van der Waals surface area contributed by atoms with Gasteiger partial charge in [0.1, 0.15) is 11.3 Å². The third kappa shape index (κ3) is 2.05. The van der Waals surface area contributed by atoms with Crippen LogP contribution >= 0.6 is 0 Å². The molecule has 1 aliphatic rings. The normalized spacial score (nSPS) is 28.7. The van der Waals surface area contributed by atoms with E-state index in [1.165, 1.54) is 17.4 Å². The third-order valence-corrected chi connectivity index (χ3v) is 4.22. The van der Waals surface area contributed by atoms with Gasteiger partial charge in [0.15, 0.2) is 0 Å². The fourth-order valence-corrected chi connectivity index (χ4v) is 3.10. The number of hydrogen-bond donors (Lipinski definition) is 1. The average Bonchev–Trinajstić information content (AvgIpc) is 2.74. The second-order valence-corrected chi connectivity index (χ2v) is 5.88. The molecule has 96 valence electrons. The van der Waals surface area contributed by atoms with Gasteiger partial charge in [-0.25, -0.2) is 0 Å². The number of aryl methyl sites for hydroxylation is 1. The van der Waals surface area contributed by atoms with Crippen LogP contribution in [0.1, 0.15) is 43.4 Å². The van der Waals surface area contributed by atoms with Crippen LogP contribution in [0.4, 0.5) is 0 Å². The van der Waals surface area contributed by atoms with Crippen molar-refractivity contribution in [3.63, 3.8) is 0 Å². The smallest absolute Gasteiger partial charge is 0.134 e. The summed E-state index contributed by atoms with van der Waals surface area (Å²) in [6.07, 6.45) is 3.51. The lowest BCUT2D eigenvalue weighted by Gasteiger charge is -2.31. The maximum atomic E-state index is 6.26. The maximum absolute atomic E-state index is 6.26. The zero-order valence-corrected chi connectivity index (χ0v) is 11.1. The Bertz CT molecular complexity index is 557. The first-order valence-electron chi connectivity index (χ1n) is 6.89. The van der Waals surface area contributed by atoms with Crippen LogP contribution in [-0.4, -0.2) is 6.04 Å². The molecule has 1 saturated carbocycles. The lowest BCUT2D eigenvalue weighted by molar-refractivity contribution is 0.280. The van der Waals surface area contributed by atoms with E-state index in [1.54, 1.807) is 0 Å². The van der Waals surface area contributed by atoms with E-state index in [9.17, 15) is 0 Å². The number of benzene rings is 1. The molecule has 18 heavy (non-hydrogen) atoms. The number of furan rings is 1. The van der Waals surface area contributed by atoms with Crippen LogP contribution < -0.4 is 5.73 Å². The number of hydrogen-bond acceptors (Lipinski definition) is 2. The lowest BCUT2D eigenvalue weighted by atomic mass is 9.78. The predicted octanol–water partition coefficient (Wildman–Crippen LogP) is 3.97. The molecular weight excluding hydrogens is 222 g/mol. The largest absolute Gasteiger partial charge is 0.461 e. The van der Waals surface area contributed by atoms with Gasteiger partial charge in [0.2, 0.25) is 0 Å². The lowest BCUT2D eigenvalue weighted by Crippen LogP contribution is -2.33. The molecule has 0 saturated heterocycles. The van der Waals surface area contributed by atoms with Crippen molar-refractivity contribution in [1.29, 1.82) is 0 Å². The zero-order chi connectivity index (χ0) is 12.7. The van der Waals surface area contributed by atoms with E-state index in [-0.39, 0.29) is 6.04 Å². The van der Waals surface area contributed by atoms with Crippen molar-refractivity contribution in [2.45, 2.75) is 45.1 Å². The summed E-state index contributed by atoms with van der Waals surface area (Å²) < 4.78 is 6.00. The zero-order valence-electron chi connectivity index (χ0n) is 11.1. The molecule has 2 N–H and O–H groups in total. The third-order valence-electron chi connectivity index (χ3n) is 4.22. The Balaban J connectivity index is 1.97. The van der Waals surface area contributed by atoms with Crippen molar-refractivity contribution >= 4 is 11.0 Å². The summed E-state index contributed by atoms with van der Waals surface area (Å²) in [6.45, 7) is 4.42. The highest BCUT2D eigenvalue weighted by atomic mass is 16.3. The molecule has 0 bridgehead atoms. The molecule has 0 radical (unpaired) electrons. The second kappa shape index (κ2) is 4.43. The summed E-state index contributed by atoms with van der Waals surface area (Å²) in [5.41, 5.74) is 8.53. The summed E-state index contributed by atoms with van der Waals surface area (Å²) in [5.74, 6) is 2.22. The first kappa shape index (κ1) is 11.8. The molecular formula is C16H21NO. The molecule has 0 amide bonds. The van der Waals surface area contributed by atoms with Gasteiger partial charge in [-0.3, -0.25) is 0 Å². The maximum Gasteiger partial charge on any atom is 0.134 e. The molecule has 3 unspecified atom stereocenters. The molecule has 2 aromatic rings. The molecule has 1 fully saturated rings. The van der Waals surface area contributed by atoms with Crippen LogP contribution in [0.3, 0.4) is 0 Å². The Morgan fingerprint density at radius 1 is 1.22 bits per heavy atom. The van der Waals surface area contributed by atoms with E-state index in [0.717, 1.165) is 30.1 Å². The minimum Gasteiger partial charge on any atom is -0.461 e. The van der Waals surface area contributed by atoms with Crippen molar-refractivity contribution in [2.75, 3.05) is 0 Å². The van der Waals surface area contributed by atoms with E-state index in [0.29, 0.717) is 5.92 Å². The van der Waals surface area contributed by atoms with Gasteiger partial charge in [-0.2, -0.15) is 0 Å². The highest BCUT2D eigenvalue weighted by Gasteiger charge is 2.29. The second-order valence-electron chi connectivity index (χ2n) is 5.88. The number of fused-ring (bicyclic) bond motifs is 1. The van der Waals surface area contributed by atoms with E-state index in [2.05, 4.69) is 38.1 Å². The van der Waals surface area contributed by atoms with Gasteiger partial charge in [0, 0.05) is 17.3 Å². The van der Waals surface area contributed by atoms with Crippen molar-refractivity contribution in [3.8, 4) is 0 Å². The van der Waals surface area contributed by atoms with Crippen molar-refractivity contribution in [3.05, 3.63) is 35.6 Å². The molecule has 0 spiro atoms. The summed E-state index contributed by atoms with van der Waals surface area (Å²) in [6, 6.07) is 8.78. The molecule has 1 aromatic carbocycles. The van der Waals surface area contributed by atoms with Crippen LogP contribution in [0.5, 0.6) is 0 Å². The van der Waals surface area contributed by atoms with Crippen LogP contribution in [0.15, 0.2) is 28.7 Å². The quantitative estimate of drug-likeness (QED) is 0.823. The standard InChI is InChI=1S/C16H21NO/c1-10-4-6-15-12(7-10)9-16(18-15)13-8-11(2)3-5-14(13)17/h4,6-7,9,11,13-14H,3,5,8,17H2,1-2H3. The Labute approximate surface area is 108 Å². The van der Waals surface area contributed by atoms with Gasteiger partial charge in [0.05, 0.1) is 0 Å². The molecule has 2 heteroatoms. The fourth-order valence-electron chi connectivity index (χ4n) is 3.10. The van der Waals surface area contributed by atoms with E-state index in [1.807, 2.05) is 0 Å². The summed E-state index contributed by atoms with van der Waals surface area (Å²) in [4.78, 5) is 0. The highest BCUT2D eigenvalue weighted by molar-refractivity contribution is 5.78. The first-order chi connectivity index (χ1) is 8.63. The number of rotatable bonds is 1. The molecule has 1 aliphatic carbocycles. The average molecular weight is 243 g/mol. The summed E-state index contributed by atoms with van der Waals surface area (Å²) in [7, 11) is 0. The van der Waals surface area contributed by atoms with Gasteiger partial charge >= 0.3 is 0 Å². The van der Waals surface area contributed by atoms with Gasteiger partial charge in [0.25, 0.3) is 0 Å². The molecule has 2 nitrogen and oxygen atoms in total. The van der Waals surface area contributed by atoms with Crippen LogP contribution in [0.2, 0.25) is 0 Å². The van der Waals surface area contributed by atoms with Gasteiger partial charge in [-0.05, 0) is 50.3 Å². The minimum absolute atomic E-state index is 0.253. The summed E-state index contributed by atoms with van der Waals surface area (Å²) in [5, 5.41) is 1.20. The Hall–Kier alpha value is -1.28. The van der Waals surface area contributed by atoms with E-state index in [4.69, 9.17) is 10.2 Å². The molecule has 0 aliphatic heterocycles. The monoisotopic (exact) mass is 243 g/mol. The van der Waals surface area contributed by atoms with E-state index < -0.39 is 0 Å². The topological polar surface area (TPSA) is 39.2 Å². The SMILES string of the molecule is Cc1ccc2oc(C3CC(C)CCC3N)cc2c1. The van der Waals surface area contributed by atoms with Crippen LogP contribution in [-0.2, 0) is 0 Å². The molecule has 3 atom stereocenters. The Kier molecular flexibility index (Phi) is 2.90. The molecule has 3 rings (SSSR count). The number of nitrogens with two attached hydrogens (primary N) is 1. The van der Waals surface area contributed by atoms with Crippen LogP contribution in [0, 0.1) is 12.8 Å². The highest BCUT2D eigenvalue weighted by Crippen LogP contribution is 2.37. The predicted molar refractivity (Wildman–Crippen MR) is 74.7 cm³/mol. The van der Waals surface area contributed by atoms with Crippen LogP contribution in [0.25, 0.3) is 11.0 Å². The van der Waals surface area contributed by atoms with Crippen molar-refractivity contribution < 1.29 is 4.42 Å². The Morgan fingerprint density at radius 3 is 2.89 bits per heavy atom. The van der Waals surface area contributed by atoms with Gasteiger partial charge in [-0.1, -0.05) is 18.6 Å². The minimum atomic E-state index is 0.253. The summed E-state index contributed by atoms with van der Waals surface area (Å²) >= 11 is 0. The molecule has 1 heterocycles. The molecule has 1 aromatic heterocycles. The van der Waals surface area contributed by atoms with Crippen molar-refractivity contribution in [1.82, 2.24) is 0 Å². The first-order valence-corrected chi connectivity index (χ1v) is 6.89. The van der Waals surface area contributed by atoms with Crippen molar-refractivity contribution in [2.24, 2.45) is 11.7 Å². The Morgan fingerprint density at radius 2 is 2.06 bits per heavy atom. The van der Waals surface area contributed by atoms with Gasteiger partial charge < -0.3 is 10.2 Å². The van der Waals surface area contributed by atoms with Gasteiger partial charge in [-0.15, -0.1) is 0 Å².